The fraction of sp³-hybridized carbons (Fsp3) is 0.550. The molecule has 1 aliphatic carbocycles. The van der Waals surface area contributed by atoms with Gasteiger partial charge in [0.25, 0.3) is 0 Å². The second kappa shape index (κ2) is 8.67. The molecule has 0 N–H and O–H groups in total. The van der Waals surface area contributed by atoms with Crippen molar-refractivity contribution in [2.24, 2.45) is 5.92 Å². The highest BCUT2D eigenvalue weighted by molar-refractivity contribution is 5.33. The standard InChI is InChI=1S/C20H27N/c1-2-3-4-5-6-7-17-8-12-19(13-9-17)20-14-10-18(16-21)11-15-20/h6-7,10-11,14-15,17,19H,2-5,8-9,12-13H2,1H3. The molecule has 1 nitrogen and oxygen atoms in total. The van der Waals surface area contributed by atoms with E-state index in [4.69, 9.17) is 5.26 Å². The molecule has 0 unspecified atom stereocenters. The molecule has 1 fully saturated rings. The topological polar surface area (TPSA) is 23.8 Å². The zero-order chi connectivity index (χ0) is 14.9. The lowest BCUT2D eigenvalue weighted by Crippen LogP contribution is -2.11. The number of benzene rings is 1. The minimum absolute atomic E-state index is 0.697. The van der Waals surface area contributed by atoms with Crippen LogP contribution in [0.5, 0.6) is 0 Å². The number of rotatable bonds is 6. The normalized spacial score (nSPS) is 22.3. The first-order valence-corrected chi connectivity index (χ1v) is 8.50. The molecule has 112 valence electrons. The quantitative estimate of drug-likeness (QED) is 0.465. The summed E-state index contributed by atoms with van der Waals surface area (Å²) in [6.07, 6.45) is 15.3. The summed E-state index contributed by atoms with van der Waals surface area (Å²) in [5, 5.41) is 8.85. The Morgan fingerprint density at radius 1 is 1.10 bits per heavy atom. The number of allylic oxidation sites excluding steroid dienone is 2. The second-order valence-electron chi connectivity index (χ2n) is 6.27. The Labute approximate surface area is 129 Å². The largest absolute Gasteiger partial charge is 0.192 e. The van der Waals surface area contributed by atoms with Gasteiger partial charge in [-0.25, -0.2) is 0 Å². The Morgan fingerprint density at radius 3 is 2.43 bits per heavy atom. The fourth-order valence-electron chi connectivity index (χ4n) is 3.28. The van der Waals surface area contributed by atoms with E-state index in [1.54, 1.807) is 0 Å². The van der Waals surface area contributed by atoms with Crippen LogP contribution in [-0.2, 0) is 0 Å². The van der Waals surface area contributed by atoms with Gasteiger partial charge in [0, 0.05) is 0 Å². The molecule has 0 spiro atoms. The molecule has 1 aromatic carbocycles. The monoisotopic (exact) mass is 281 g/mol. The minimum atomic E-state index is 0.697. The molecule has 1 heteroatoms. The number of nitrogens with zero attached hydrogens (tertiary/aromatic N) is 1. The van der Waals surface area contributed by atoms with Gasteiger partial charge >= 0.3 is 0 Å². The van der Waals surface area contributed by atoms with Gasteiger partial charge in [0.15, 0.2) is 0 Å². The average Bonchev–Trinajstić information content (AvgIpc) is 2.55. The summed E-state index contributed by atoms with van der Waals surface area (Å²) >= 11 is 0. The number of hydrogen-bond acceptors (Lipinski definition) is 1. The summed E-state index contributed by atoms with van der Waals surface area (Å²) in [5.41, 5.74) is 2.18. The van der Waals surface area contributed by atoms with Crippen molar-refractivity contribution < 1.29 is 0 Å². The highest BCUT2D eigenvalue weighted by Gasteiger charge is 2.20. The van der Waals surface area contributed by atoms with Crippen molar-refractivity contribution in [3.63, 3.8) is 0 Å². The predicted molar refractivity (Wildman–Crippen MR) is 89.1 cm³/mol. The van der Waals surface area contributed by atoms with Gasteiger partial charge in [-0.1, -0.05) is 44.1 Å². The van der Waals surface area contributed by atoms with E-state index in [1.807, 2.05) is 12.1 Å². The van der Waals surface area contributed by atoms with Gasteiger partial charge in [-0.15, -0.1) is 0 Å². The van der Waals surface area contributed by atoms with Crippen LogP contribution >= 0.6 is 0 Å². The van der Waals surface area contributed by atoms with E-state index < -0.39 is 0 Å². The zero-order valence-corrected chi connectivity index (χ0v) is 13.2. The molecule has 1 aliphatic rings. The van der Waals surface area contributed by atoms with E-state index in [0.717, 1.165) is 11.5 Å². The first-order valence-electron chi connectivity index (χ1n) is 8.50. The summed E-state index contributed by atoms with van der Waals surface area (Å²) in [4.78, 5) is 0. The summed E-state index contributed by atoms with van der Waals surface area (Å²) in [7, 11) is 0. The molecule has 1 saturated carbocycles. The molecule has 2 rings (SSSR count). The van der Waals surface area contributed by atoms with Gasteiger partial charge in [-0.2, -0.15) is 5.26 Å². The molecule has 0 saturated heterocycles. The third-order valence-corrected chi connectivity index (χ3v) is 4.67. The molecule has 0 aromatic heterocycles. The van der Waals surface area contributed by atoms with Crippen LogP contribution < -0.4 is 0 Å². The molecule has 21 heavy (non-hydrogen) atoms. The maximum Gasteiger partial charge on any atom is 0.0991 e. The third-order valence-electron chi connectivity index (χ3n) is 4.67. The second-order valence-corrected chi connectivity index (χ2v) is 6.27. The van der Waals surface area contributed by atoms with Gasteiger partial charge < -0.3 is 0 Å². The minimum Gasteiger partial charge on any atom is -0.192 e. The molecular formula is C20H27N. The lowest BCUT2D eigenvalue weighted by atomic mass is 9.78. The fourth-order valence-corrected chi connectivity index (χ4v) is 3.28. The molecular weight excluding hydrogens is 254 g/mol. The summed E-state index contributed by atoms with van der Waals surface area (Å²) in [5.74, 6) is 1.49. The van der Waals surface area contributed by atoms with Gasteiger partial charge in [-0.05, 0) is 68.1 Å². The van der Waals surface area contributed by atoms with Gasteiger partial charge in [0.2, 0.25) is 0 Å². The smallest absolute Gasteiger partial charge is 0.0991 e. The lowest BCUT2D eigenvalue weighted by molar-refractivity contribution is 0.375. The maximum absolute atomic E-state index is 8.85. The highest BCUT2D eigenvalue weighted by Crippen LogP contribution is 2.36. The molecule has 0 radical (unpaired) electrons. The van der Waals surface area contributed by atoms with E-state index in [2.05, 4.69) is 37.3 Å². The molecule has 0 atom stereocenters. The van der Waals surface area contributed by atoms with Gasteiger partial charge in [0.1, 0.15) is 0 Å². The molecule has 0 amide bonds. The van der Waals surface area contributed by atoms with Crippen molar-refractivity contribution in [2.45, 2.75) is 64.2 Å². The molecule has 0 heterocycles. The Morgan fingerprint density at radius 2 is 1.81 bits per heavy atom. The lowest BCUT2D eigenvalue weighted by Gasteiger charge is -2.27. The number of nitriles is 1. The van der Waals surface area contributed by atoms with Crippen LogP contribution in [0.4, 0.5) is 0 Å². The van der Waals surface area contributed by atoms with Crippen LogP contribution in [0.15, 0.2) is 36.4 Å². The van der Waals surface area contributed by atoms with E-state index in [0.29, 0.717) is 5.92 Å². The Kier molecular flexibility index (Phi) is 6.54. The van der Waals surface area contributed by atoms with Crippen molar-refractivity contribution in [1.29, 1.82) is 5.26 Å². The predicted octanol–water partition coefficient (Wildman–Crippen LogP) is 5.97. The molecule has 0 aliphatic heterocycles. The van der Waals surface area contributed by atoms with Crippen molar-refractivity contribution in [3.8, 4) is 6.07 Å². The maximum atomic E-state index is 8.85. The molecule has 1 aromatic rings. The van der Waals surface area contributed by atoms with Crippen molar-refractivity contribution in [1.82, 2.24) is 0 Å². The summed E-state index contributed by atoms with van der Waals surface area (Å²) < 4.78 is 0. The average molecular weight is 281 g/mol. The van der Waals surface area contributed by atoms with E-state index in [1.165, 1.54) is 56.9 Å². The van der Waals surface area contributed by atoms with Crippen molar-refractivity contribution >= 4 is 0 Å². The first-order chi connectivity index (χ1) is 10.3. The number of unbranched alkanes of at least 4 members (excludes halogenated alkanes) is 3. The van der Waals surface area contributed by atoms with E-state index in [-0.39, 0.29) is 0 Å². The Bertz CT molecular complexity index is 470. The van der Waals surface area contributed by atoms with Crippen molar-refractivity contribution in [3.05, 3.63) is 47.5 Å². The SMILES string of the molecule is CCCCCC=CC1CCC(c2ccc(C#N)cc2)CC1. The highest BCUT2D eigenvalue weighted by atomic mass is 14.3. The first kappa shape index (κ1) is 15.8. The van der Waals surface area contributed by atoms with Gasteiger partial charge in [-0.3, -0.25) is 0 Å². The number of hydrogen-bond donors (Lipinski definition) is 0. The zero-order valence-electron chi connectivity index (χ0n) is 13.2. The third kappa shape index (κ3) is 5.05. The van der Waals surface area contributed by atoms with Gasteiger partial charge in [0.05, 0.1) is 11.6 Å². The Balaban J connectivity index is 1.76. The van der Waals surface area contributed by atoms with E-state index in [9.17, 15) is 0 Å². The van der Waals surface area contributed by atoms with Crippen LogP contribution in [0, 0.1) is 17.2 Å². The molecule has 0 bridgehead atoms. The van der Waals surface area contributed by atoms with Crippen LogP contribution in [0.3, 0.4) is 0 Å². The van der Waals surface area contributed by atoms with Crippen LogP contribution in [0.25, 0.3) is 0 Å². The van der Waals surface area contributed by atoms with Crippen LogP contribution in [-0.4, -0.2) is 0 Å². The van der Waals surface area contributed by atoms with Crippen LogP contribution in [0.1, 0.15) is 75.3 Å². The van der Waals surface area contributed by atoms with Crippen molar-refractivity contribution in [2.75, 3.05) is 0 Å². The summed E-state index contributed by atoms with van der Waals surface area (Å²) in [6.45, 7) is 2.26. The summed E-state index contributed by atoms with van der Waals surface area (Å²) in [6, 6.07) is 10.4. The van der Waals surface area contributed by atoms with E-state index >= 15 is 0 Å². The van der Waals surface area contributed by atoms with Crippen LogP contribution in [0.2, 0.25) is 0 Å². The Hall–Kier alpha value is -1.55.